The number of aliphatic hydroxyl groups excluding tert-OH is 1. The molecule has 0 aromatic heterocycles. The Morgan fingerprint density at radius 3 is 2.50 bits per heavy atom. The Morgan fingerprint density at radius 2 is 1.93 bits per heavy atom. The van der Waals surface area contributed by atoms with Crippen molar-refractivity contribution in [2.24, 2.45) is 0 Å². The van der Waals surface area contributed by atoms with E-state index < -0.39 is 0 Å². The molecular formula is C10H23NO3. The molecule has 0 saturated heterocycles. The second kappa shape index (κ2) is 8.17. The average molecular weight is 205 g/mol. The van der Waals surface area contributed by atoms with Gasteiger partial charge in [-0.25, -0.2) is 0 Å². The summed E-state index contributed by atoms with van der Waals surface area (Å²) in [6.45, 7) is 7.03. The molecule has 0 aliphatic rings. The molecule has 86 valence electrons. The molecule has 0 bridgehead atoms. The zero-order chi connectivity index (χ0) is 10.9. The van der Waals surface area contributed by atoms with Crippen molar-refractivity contribution in [1.82, 2.24) is 5.32 Å². The van der Waals surface area contributed by atoms with Crippen molar-refractivity contribution in [3.63, 3.8) is 0 Å². The summed E-state index contributed by atoms with van der Waals surface area (Å²) in [6, 6.07) is 0. The molecule has 2 N–H and O–H groups in total. The molecule has 4 heteroatoms. The summed E-state index contributed by atoms with van der Waals surface area (Å²) >= 11 is 0. The summed E-state index contributed by atoms with van der Waals surface area (Å²) in [5.41, 5.74) is -0.0566. The van der Waals surface area contributed by atoms with Gasteiger partial charge in [0.2, 0.25) is 0 Å². The van der Waals surface area contributed by atoms with E-state index in [0.29, 0.717) is 13.2 Å². The van der Waals surface area contributed by atoms with Crippen LogP contribution in [0.15, 0.2) is 0 Å². The van der Waals surface area contributed by atoms with Crippen LogP contribution >= 0.6 is 0 Å². The van der Waals surface area contributed by atoms with Gasteiger partial charge in [0.25, 0.3) is 0 Å². The van der Waals surface area contributed by atoms with Crippen LogP contribution in [0.4, 0.5) is 0 Å². The molecule has 0 radical (unpaired) electrons. The van der Waals surface area contributed by atoms with Crippen molar-refractivity contribution >= 4 is 0 Å². The highest BCUT2D eigenvalue weighted by Crippen LogP contribution is 2.10. The molecular weight excluding hydrogens is 182 g/mol. The number of aliphatic hydroxyl groups is 1. The lowest BCUT2D eigenvalue weighted by molar-refractivity contribution is 0.0153. The van der Waals surface area contributed by atoms with Crippen LogP contribution in [0.25, 0.3) is 0 Å². The van der Waals surface area contributed by atoms with Crippen LogP contribution in [0.3, 0.4) is 0 Å². The van der Waals surface area contributed by atoms with Gasteiger partial charge in [-0.3, -0.25) is 0 Å². The summed E-state index contributed by atoms with van der Waals surface area (Å²) in [6.07, 6.45) is 0.976. The second-order valence-electron chi connectivity index (χ2n) is 3.80. The summed E-state index contributed by atoms with van der Waals surface area (Å²) in [7, 11) is 1.73. The molecule has 0 atom stereocenters. The Bertz CT molecular complexity index is 129. The zero-order valence-corrected chi connectivity index (χ0v) is 9.51. The average Bonchev–Trinajstić information content (AvgIpc) is 2.16. The fraction of sp³-hybridized carbons (Fsp3) is 1.00. The van der Waals surface area contributed by atoms with Crippen molar-refractivity contribution in [2.75, 3.05) is 40.0 Å². The Balaban J connectivity index is 3.13. The van der Waals surface area contributed by atoms with E-state index in [1.165, 1.54) is 0 Å². The van der Waals surface area contributed by atoms with Crippen molar-refractivity contribution in [3.05, 3.63) is 0 Å². The molecule has 0 spiro atoms. The maximum atomic E-state index is 8.45. The molecule has 14 heavy (non-hydrogen) atoms. The van der Waals surface area contributed by atoms with Crippen LogP contribution in [-0.2, 0) is 9.47 Å². The number of rotatable bonds is 9. The van der Waals surface area contributed by atoms with Crippen molar-refractivity contribution in [1.29, 1.82) is 0 Å². The van der Waals surface area contributed by atoms with E-state index in [4.69, 9.17) is 14.6 Å². The molecule has 0 amide bonds. The first-order valence-corrected chi connectivity index (χ1v) is 5.07. The number of nitrogens with one attached hydrogen (secondary N) is 1. The first-order chi connectivity index (χ1) is 6.62. The molecule has 0 unspecified atom stereocenters. The first-order valence-electron chi connectivity index (χ1n) is 5.07. The molecule has 0 rings (SSSR count). The Morgan fingerprint density at radius 1 is 1.21 bits per heavy atom. The standard InChI is InChI=1S/C10H23NO3/c1-10(2,13-3)4-5-11-6-8-14-9-7-12/h11-12H,4-9H2,1-3H3. The predicted octanol–water partition coefficient (Wildman–Crippen LogP) is 0.400. The molecule has 0 saturated carbocycles. The molecule has 0 fully saturated rings. The lowest BCUT2D eigenvalue weighted by Gasteiger charge is -2.22. The summed E-state index contributed by atoms with van der Waals surface area (Å²) < 4.78 is 10.4. The topological polar surface area (TPSA) is 50.7 Å². The van der Waals surface area contributed by atoms with Crippen LogP contribution in [0.5, 0.6) is 0 Å². The second-order valence-corrected chi connectivity index (χ2v) is 3.80. The summed E-state index contributed by atoms with van der Waals surface area (Å²) in [5.74, 6) is 0. The molecule has 0 aromatic carbocycles. The minimum absolute atomic E-state index is 0.0566. The van der Waals surface area contributed by atoms with E-state index in [1.54, 1.807) is 7.11 Å². The van der Waals surface area contributed by atoms with Crippen molar-refractivity contribution < 1.29 is 14.6 Å². The predicted molar refractivity (Wildman–Crippen MR) is 56.5 cm³/mol. The highest BCUT2D eigenvalue weighted by atomic mass is 16.5. The van der Waals surface area contributed by atoms with Crippen molar-refractivity contribution in [2.45, 2.75) is 25.9 Å². The van der Waals surface area contributed by atoms with E-state index in [-0.39, 0.29) is 12.2 Å². The Kier molecular flexibility index (Phi) is 8.08. The molecule has 0 heterocycles. The van der Waals surface area contributed by atoms with E-state index in [1.807, 2.05) is 0 Å². The van der Waals surface area contributed by atoms with Gasteiger partial charge in [0, 0.05) is 13.7 Å². The largest absolute Gasteiger partial charge is 0.394 e. The van der Waals surface area contributed by atoms with E-state index in [0.717, 1.165) is 19.5 Å². The van der Waals surface area contributed by atoms with Gasteiger partial charge in [0.1, 0.15) is 0 Å². The van der Waals surface area contributed by atoms with Crippen LogP contribution in [0.1, 0.15) is 20.3 Å². The number of hydrogen-bond donors (Lipinski definition) is 2. The van der Waals surface area contributed by atoms with Crippen LogP contribution in [0, 0.1) is 0 Å². The maximum absolute atomic E-state index is 8.45. The van der Waals surface area contributed by atoms with E-state index >= 15 is 0 Å². The Hall–Kier alpha value is -0.160. The minimum atomic E-state index is -0.0566. The fourth-order valence-corrected chi connectivity index (χ4v) is 0.927. The van der Waals surface area contributed by atoms with Gasteiger partial charge in [-0.2, -0.15) is 0 Å². The third-order valence-electron chi connectivity index (χ3n) is 2.12. The van der Waals surface area contributed by atoms with Gasteiger partial charge in [0.15, 0.2) is 0 Å². The van der Waals surface area contributed by atoms with Gasteiger partial charge in [-0.15, -0.1) is 0 Å². The van der Waals surface area contributed by atoms with E-state index in [9.17, 15) is 0 Å². The number of ether oxygens (including phenoxy) is 2. The SMILES string of the molecule is COC(C)(C)CCNCCOCCO. The maximum Gasteiger partial charge on any atom is 0.0698 e. The molecule has 0 aromatic rings. The van der Waals surface area contributed by atoms with Gasteiger partial charge >= 0.3 is 0 Å². The van der Waals surface area contributed by atoms with Gasteiger partial charge in [-0.05, 0) is 26.8 Å². The number of methoxy groups -OCH3 is 1. The van der Waals surface area contributed by atoms with Crippen LogP contribution in [-0.4, -0.2) is 50.7 Å². The van der Waals surface area contributed by atoms with Gasteiger partial charge in [0.05, 0.1) is 25.4 Å². The minimum Gasteiger partial charge on any atom is -0.394 e. The van der Waals surface area contributed by atoms with Gasteiger partial charge < -0.3 is 19.9 Å². The van der Waals surface area contributed by atoms with Crippen LogP contribution in [0.2, 0.25) is 0 Å². The third-order valence-corrected chi connectivity index (χ3v) is 2.12. The van der Waals surface area contributed by atoms with E-state index in [2.05, 4.69) is 19.2 Å². The lowest BCUT2D eigenvalue weighted by atomic mass is 10.1. The Labute approximate surface area is 86.6 Å². The molecule has 0 aliphatic heterocycles. The fourth-order valence-electron chi connectivity index (χ4n) is 0.927. The first kappa shape index (κ1) is 13.8. The number of hydrogen-bond acceptors (Lipinski definition) is 4. The highest BCUT2D eigenvalue weighted by molar-refractivity contribution is 4.68. The third kappa shape index (κ3) is 8.44. The summed E-state index contributed by atoms with van der Waals surface area (Å²) in [4.78, 5) is 0. The lowest BCUT2D eigenvalue weighted by Crippen LogP contribution is -2.30. The normalized spacial score (nSPS) is 12.0. The molecule has 4 nitrogen and oxygen atoms in total. The summed E-state index contributed by atoms with van der Waals surface area (Å²) in [5, 5.41) is 11.7. The monoisotopic (exact) mass is 205 g/mol. The van der Waals surface area contributed by atoms with Crippen molar-refractivity contribution in [3.8, 4) is 0 Å². The zero-order valence-electron chi connectivity index (χ0n) is 9.51. The van der Waals surface area contributed by atoms with Crippen LogP contribution < -0.4 is 5.32 Å². The van der Waals surface area contributed by atoms with Gasteiger partial charge in [-0.1, -0.05) is 0 Å². The quantitative estimate of drug-likeness (QED) is 0.535. The molecule has 0 aliphatic carbocycles. The highest BCUT2D eigenvalue weighted by Gasteiger charge is 2.14. The smallest absolute Gasteiger partial charge is 0.0698 e.